The first-order chi connectivity index (χ1) is 13.1. The Morgan fingerprint density at radius 3 is 2.52 bits per heavy atom. The lowest BCUT2D eigenvalue weighted by Crippen LogP contribution is -2.52. The molecule has 0 N–H and O–H groups in total. The number of ether oxygens (including phenoxy) is 1. The van der Waals surface area contributed by atoms with Crippen LogP contribution in [0.3, 0.4) is 0 Å². The van der Waals surface area contributed by atoms with Crippen LogP contribution in [0.1, 0.15) is 22.8 Å². The Balaban J connectivity index is 1.23. The number of benzene rings is 1. The SMILES string of the molecule is Cc1ccccc1OCC(=O)N1CCN(C(=O)C2CC2c2cccs2)CC1. The van der Waals surface area contributed by atoms with Crippen LogP contribution >= 0.6 is 11.3 Å². The number of thiophene rings is 1. The van der Waals surface area contributed by atoms with Gasteiger partial charge in [-0.1, -0.05) is 24.3 Å². The summed E-state index contributed by atoms with van der Waals surface area (Å²) in [5.74, 6) is 1.51. The molecule has 0 bridgehead atoms. The van der Waals surface area contributed by atoms with E-state index in [9.17, 15) is 9.59 Å². The number of piperazine rings is 1. The quantitative estimate of drug-likeness (QED) is 0.796. The molecule has 2 aromatic rings. The lowest BCUT2D eigenvalue weighted by Gasteiger charge is -2.35. The first-order valence-corrected chi connectivity index (χ1v) is 10.3. The maximum atomic E-state index is 12.7. The van der Waals surface area contributed by atoms with E-state index >= 15 is 0 Å². The van der Waals surface area contributed by atoms with Crippen LogP contribution in [-0.2, 0) is 9.59 Å². The van der Waals surface area contributed by atoms with Gasteiger partial charge >= 0.3 is 0 Å². The third kappa shape index (κ3) is 4.00. The number of nitrogens with zero attached hydrogens (tertiary/aromatic N) is 2. The van der Waals surface area contributed by atoms with Gasteiger partial charge in [-0.25, -0.2) is 0 Å². The highest BCUT2D eigenvalue weighted by molar-refractivity contribution is 7.10. The zero-order valence-electron chi connectivity index (χ0n) is 15.5. The molecule has 1 saturated heterocycles. The first kappa shape index (κ1) is 18.0. The number of amides is 2. The molecule has 4 rings (SSSR count). The molecule has 2 heterocycles. The largest absolute Gasteiger partial charge is 0.484 e. The number of aryl methyl sites for hydroxylation is 1. The Bertz CT molecular complexity index is 813. The summed E-state index contributed by atoms with van der Waals surface area (Å²) in [6.45, 7) is 4.40. The van der Waals surface area contributed by atoms with Crippen molar-refractivity contribution in [3.63, 3.8) is 0 Å². The molecule has 2 atom stereocenters. The predicted molar refractivity (Wildman–Crippen MR) is 105 cm³/mol. The lowest BCUT2D eigenvalue weighted by molar-refractivity contribution is -0.141. The Kier molecular flexibility index (Phi) is 5.16. The number of carbonyl (C=O) groups is 2. The van der Waals surface area contributed by atoms with Crippen LogP contribution in [-0.4, -0.2) is 54.4 Å². The number of para-hydroxylation sites is 1. The van der Waals surface area contributed by atoms with Crippen LogP contribution in [0.15, 0.2) is 41.8 Å². The van der Waals surface area contributed by atoms with Crippen LogP contribution in [0.2, 0.25) is 0 Å². The summed E-state index contributed by atoms with van der Waals surface area (Å²) in [6, 6.07) is 11.9. The minimum absolute atomic E-state index is 0.0202. The van der Waals surface area contributed by atoms with E-state index in [0.717, 1.165) is 17.7 Å². The van der Waals surface area contributed by atoms with Crippen LogP contribution in [0.25, 0.3) is 0 Å². The van der Waals surface area contributed by atoms with E-state index in [1.165, 1.54) is 4.88 Å². The number of rotatable bonds is 5. The highest BCUT2D eigenvalue weighted by Crippen LogP contribution is 2.50. The van der Waals surface area contributed by atoms with Gasteiger partial charge in [0.2, 0.25) is 5.91 Å². The molecule has 0 spiro atoms. The predicted octanol–water partition coefficient (Wildman–Crippen LogP) is 2.91. The molecule has 5 nitrogen and oxygen atoms in total. The zero-order valence-corrected chi connectivity index (χ0v) is 16.3. The normalized spacial score (nSPS) is 21.8. The molecule has 1 aromatic heterocycles. The molecular weight excluding hydrogens is 360 g/mol. The highest BCUT2D eigenvalue weighted by atomic mass is 32.1. The van der Waals surface area contributed by atoms with Crippen molar-refractivity contribution in [1.82, 2.24) is 9.80 Å². The van der Waals surface area contributed by atoms with E-state index in [2.05, 4.69) is 11.4 Å². The minimum atomic E-state index is -0.0202. The molecule has 1 aromatic carbocycles. The van der Waals surface area contributed by atoms with E-state index in [-0.39, 0.29) is 24.3 Å². The summed E-state index contributed by atoms with van der Waals surface area (Å²) in [4.78, 5) is 30.1. The van der Waals surface area contributed by atoms with Crippen molar-refractivity contribution >= 4 is 23.2 Å². The number of carbonyl (C=O) groups excluding carboxylic acids is 2. The molecule has 142 valence electrons. The second-order valence-electron chi connectivity index (χ2n) is 7.22. The highest BCUT2D eigenvalue weighted by Gasteiger charge is 2.46. The van der Waals surface area contributed by atoms with Crippen molar-refractivity contribution in [2.24, 2.45) is 5.92 Å². The molecule has 2 fully saturated rings. The summed E-state index contributed by atoms with van der Waals surface area (Å²) in [6.07, 6.45) is 0.961. The fraction of sp³-hybridized carbons (Fsp3) is 0.429. The van der Waals surface area contributed by atoms with E-state index < -0.39 is 0 Å². The number of hydrogen-bond donors (Lipinski definition) is 0. The third-order valence-corrected chi connectivity index (χ3v) is 6.41. The van der Waals surface area contributed by atoms with Gasteiger partial charge in [-0.05, 0) is 36.4 Å². The molecular formula is C21H24N2O3S. The number of hydrogen-bond acceptors (Lipinski definition) is 4. The summed E-state index contributed by atoms with van der Waals surface area (Å²) < 4.78 is 5.66. The maximum absolute atomic E-state index is 12.7. The average Bonchev–Trinajstić information content (AvgIpc) is 3.31. The molecule has 6 heteroatoms. The molecule has 1 saturated carbocycles. The van der Waals surface area contributed by atoms with Gasteiger partial charge in [0.05, 0.1) is 0 Å². The van der Waals surface area contributed by atoms with Gasteiger partial charge in [0, 0.05) is 42.9 Å². The second-order valence-corrected chi connectivity index (χ2v) is 8.20. The van der Waals surface area contributed by atoms with Gasteiger partial charge in [0.1, 0.15) is 5.75 Å². The lowest BCUT2D eigenvalue weighted by atomic mass is 10.2. The van der Waals surface area contributed by atoms with Gasteiger partial charge in [-0.3, -0.25) is 9.59 Å². The van der Waals surface area contributed by atoms with Gasteiger partial charge in [0.25, 0.3) is 5.91 Å². The molecule has 27 heavy (non-hydrogen) atoms. The van der Waals surface area contributed by atoms with E-state index in [4.69, 9.17) is 4.74 Å². The molecule has 2 aliphatic rings. The molecule has 0 radical (unpaired) electrons. The van der Waals surface area contributed by atoms with Crippen molar-refractivity contribution in [3.05, 3.63) is 52.2 Å². The van der Waals surface area contributed by atoms with E-state index in [1.807, 2.05) is 42.2 Å². The van der Waals surface area contributed by atoms with Crippen LogP contribution in [0, 0.1) is 12.8 Å². The summed E-state index contributed by atoms with van der Waals surface area (Å²) in [5.41, 5.74) is 1.02. The summed E-state index contributed by atoms with van der Waals surface area (Å²) >= 11 is 1.73. The van der Waals surface area contributed by atoms with E-state index in [1.54, 1.807) is 16.2 Å². The fourth-order valence-corrected chi connectivity index (χ4v) is 4.55. The summed E-state index contributed by atoms with van der Waals surface area (Å²) in [5, 5.41) is 2.07. The van der Waals surface area contributed by atoms with Gasteiger partial charge in [0.15, 0.2) is 6.61 Å². The van der Waals surface area contributed by atoms with Crippen molar-refractivity contribution in [3.8, 4) is 5.75 Å². The average molecular weight is 385 g/mol. The van der Waals surface area contributed by atoms with Gasteiger partial charge < -0.3 is 14.5 Å². The zero-order chi connectivity index (χ0) is 18.8. The van der Waals surface area contributed by atoms with Gasteiger partial charge in [-0.15, -0.1) is 11.3 Å². The molecule has 1 aliphatic heterocycles. The van der Waals surface area contributed by atoms with Crippen LogP contribution in [0.5, 0.6) is 5.75 Å². The van der Waals surface area contributed by atoms with Crippen LogP contribution < -0.4 is 4.74 Å². The minimum Gasteiger partial charge on any atom is -0.484 e. The first-order valence-electron chi connectivity index (χ1n) is 9.42. The van der Waals surface area contributed by atoms with Crippen molar-refractivity contribution < 1.29 is 14.3 Å². The Morgan fingerprint density at radius 1 is 1.07 bits per heavy atom. The third-order valence-electron chi connectivity index (χ3n) is 5.41. The van der Waals surface area contributed by atoms with Crippen LogP contribution in [0.4, 0.5) is 0 Å². The standard InChI is InChI=1S/C21H24N2O3S/c1-15-5-2-3-6-18(15)26-14-20(24)22-8-10-23(11-9-22)21(25)17-13-16(17)19-7-4-12-27-19/h2-7,12,16-17H,8-11,13-14H2,1H3. The van der Waals surface area contributed by atoms with E-state index in [0.29, 0.717) is 32.1 Å². The van der Waals surface area contributed by atoms with Crippen molar-refractivity contribution in [1.29, 1.82) is 0 Å². The monoisotopic (exact) mass is 384 g/mol. The smallest absolute Gasteiger partial charge is 0.260 e. The maximum Gasteiger partial charge on any atom is 0.260 e. The van der Waals surface area contributed by atoms with Crippen molar-refractivity contribution in [2.75, 3.05) is 32.8 Å². The Morgan fingerprint density at radius 2 is 1.81 bits per heavy atom. The summed E-state index contributed by atoms with van der Waals surface area (Å²) in [7, 11) is 0. The Labute approximate surface area is 163 Å². The topological polar surface area (TPSA) is 49.9 Å². The second kappa shape index (κ2) is 7.72. The van der Waals surface area contributed by atoms with Crippen molar-refractivity contribution in [2.45, 2.75) is 19.3 Å². The molecule has 2 unspecified atom stereocenters. The fourth-order valence-electron chi connectivity index (χ4n) is 3.64. The molecule has 1 aliphatic carbocycles. The molecule has 2 amide bonds. The van der Waals surface area contributed by atoms with Gasteiger partial charge in [-0.2, -0.15) is 0 Å². The Hall–Kier alpha value is -2.34.